The molecule has 0 N–H and O–H groups in total. The summed E-state index contributed by atoms with van der Waals surface area (Å²) in [6.45, 7) is 6.90. The number of hydrogen-bond donors (Lipinski definition) is 0. The molecule has 0 radical (unpaired) electrons. The Kier molecular flexibility index (Phi) is 2.84. The van der Waals surface area contributed by atoms with Crippen LogP contribution >= 0.6 is 11.8 Å². The molecule has 0 saturated carbocycles. The normalized spacial score (nSPS) is 32.0. The second-order valence-electron chi connectivity index (χ2n) is 3.49. The Morgan fingerprint density at radius 3 is 2.60 bits per heavy atom. The summed E-state index contributed by atoms with van der Waals surface area (Å²) < 4.78 is 0. The van der Waals surface area contributed by atoms with Gasteiger partial charge in [-0.05, 0) is 23.7 Å². The van der Waals surface area contributed by atoms with Gasteiger partial charge in [0.15, 0.2) is 0 Å². The zero-order valence-corrected chi connectivity index (χ0v) is 7.82. The molecule has 1 aliphatic rings. The van der Waals surface area contributed by atoms with E-state index in [0.29, 0.717) is 0 Å². The fourth-order valence-corrected chi connectivity index (χ4v) is 2.63. The molecular formula is C9H16S. The van der Waals surface area contributed by atoms with Gasteiger partial charge in [-0.25, -0.2) is 0 Å². The Balaban J connectivity index is 2.30. The van der Waals surface area contributed by atoms with Crippen LogP contribution in [-0.2, 0) is 0 Å². The Hall–Kier alpha value is 0.0900. The van der Waals surface area contributed by atoms with Crippen molar-refractivity contribution in [2.75, 3.05) is 0 Å². The average Bonchev–Trinajstić information content (AvgIpc) is 2.15. The van der Waals surface area contributed by atoms with Crippen LogP contribution in [-0.4, -0.2) is 5.25 Å². The Morgan fingerprint density at radius 2 is 2.20 bits per heavy atom. The minimum absolute atomic E-state index is 0.799. The summed E-state index contributed by atoms with van der Waals surface area (Å²) in [7, 11) is 0. The molecule has 0 amide bonds. The number of hydrogen-bond acceptors (Lipinski definition) is 1. The first-order valence-corrected chi connectivity index (χ1v) is 4.96. The minimum Gasteiger partial charge on any atom is -0.130 e. The van der Waals surface area contributed by atoms with E-state index >= 15 is 0 Å². The van der Waals surface area contributed by atoms with Crippen molar-refractivity contribution < 1.29 is 0 Å². The highest BCUT2D eigenvalue weighted by Crippen LogP contribution is 2.33. The van der Waals surface area contributed by atoms with Gasteiger partial charge in [-0.1, -0.05) is 26.8 Å². The van der Waals surface area contributed by atoms with Crippen molar-refractivity contribution in [2.24, 2.45) is 11.8 Å². The van der Waals surface area contributed by atoms with Crippen LogP contribution in [0.1, 0.15) is 27.2 Å². The van der Waals surface area contributed by atoms with E-state index in [1.165, 1.54) is 6.42 Å². The summed E-state index contributed by atoms with van der Waals surface area (Å²) in [6.07, 6.45) is 3.68. The third kappa shape index (κ3) is 2.05. The zero-order valence-electron chi connectivity index (χ0n) is 7.00. The second-order valence-corrected chi connectivity index (χ2v) is 4.64. The van der Waals surface area contributed by atoms with Crippen LogP contribution in [0.3, 0.4) is 0 Å². The van der Waals surface area contributed by atoms with Gasteiger partial charge in [-0.2, -0.15) is 0 Å². The molecule has 0 bridgehead atoms. The lowest BCUT2D eigenvalue weighted by Crippen LogP contribution is -2.10. The molecule has 1 rings (SSSR count). The third-order valence-electron chi connectivity index (χ3n) is 1.93. The summed E-state index contributed by atoms with van der Waals surface area (Å²) in [6, 6.07) is 0. The van der Waals surface area contributed by atoms with Gasteiger partial charge in [-0.15, -0.1) is 11.8 Å². The largest absolute Gasteiger partial charge is 0.130 e. The Labute approximate surface area is 68.1 Å². The van der Waals surface area contributed by atoms with Gasteiger partial charge in [0.05, 0.1) is 0 Å². The molecule has 0 spiro atoms. The minimum atomic E-state index is 0.799. The molecule has 1 aliphatic heterocycles. The van der Waals surface area contributed by atoms with Crippen molar-refractivity contribution in [1.29, 1.82) is 0 Å². The fourth-order valence-electron chi connectivity index (χ4n) is 1.25. The van der Waals surface area contributed by atoms with Crippen molar-refractivity contribution in [3.63, 3.8) is 0 Å². The number of rotatable bonds is 2. The van der Waals surface area contributed by atoms with E-state index in [4.69, 9.17) is 0 Å². The van der Waals surface area contributed by atoms with Crippen LogP contribution in [0, 0.1) is 11.8 Å². The summed E-state index contributed by atoms with van der Waals surface area (Å²) in [5.41, 5.74) is 0. The summed E-state index contributed by atoms with van der Waals surface area (Å²) in [4.78, 5) is 0. The van der Waals surface area contributed by atoms with Gasteiger partial charge in [-0.3, -0.25) is 0 Å². The molecule has 0 aromatic rings. The maximum Gasteiger partial charge on any atom is 0.0151 e. The van der Waals surface area contributed by atoms with E-state index in [2.05, 4.69) is 32.3 Å². The van der Waals surface area contributed by atoms with Gasteiger partial charge in [0.1, 0.15) is 0 Å². The lowest BCUT2D eigenvalue weighted by molar-refractivity contribution is 0.521. The second kappa shape index (κ2) is 3.47. The molecule has 0 aliphatic carbocycles. The molecule has 2 atom stereocenters. The van der Waals surface area contributed by atoms with Crippen LogP contribution in [0.15, 0.2) is 11.5 Å². The molecule has 0 nitrogen and oxygen atoms in total. The molecule has 1 heterocycles. The predicted molar refractivity (Wildman–Crippen MR) is 49.1 cm³/mol. The summed E-state index contributed by atoms with van der Waals surface area (Å²) in [5.74, 6) is 1.65. The van der Waals surface area contributed by atoms with Gasteiger partial charge in [0.25, 0.3) is 0 Å². The zero-order chi connectivity index (χ0) is 7.56. The summed E-state index contributed by atoms with van der Waals surface area (Å²) >= 11 is 2.00. The molecule has 0 fully saturated rings. The smallest absolute Gasteiger partial charge is 0.0151 e. The van der Waals surface area contributed by atoms with E-state index in [-0.39, 0.29) is 0 Å². The third-order valence-corrected chi connectivity index (χ3v) is 3.21. The number of allylic oxidation sites excluding steroid dienone is 1. The van der Waals surface area contributed by atoms with E-state index in [9.17, 15) is 0 Å². The predicted octanol–water partition coefficient (Wildman–Crippen LogP) is 3.30. The Bertz CT molecular complexity index is 127. The highest BCUT2D eigenvalue weighted by molar-refractivity contribution is 8.03. The first kappa shape index (κ1) is 8.19. The fraction of sp³-hybridized carbons (Fsp3) is 0.778. The van der Waals surface area contributed by atoms with E-state index < -0.39 is 0 Å². The van der Waals surface area contributed by atoms with Crippen LogP contribution in [0.4, 0.5) is 0 Å². The van der Waals surface area contributed by atoms with Crippen molar-refractivity contribution in [2.45, 2.75) is 32.4 Å². The summed E-state index contributed by atoms with van der Waals surface area (Å²) in [5, 5.41) is 3.11. The van der Waals surface area contributed by atoms with Gasteiger partial charge in [0.2, 0.25) is 0 Å². The first-order valence-electron chi connectivity index (χ1n) is 4.02. The lowest BCUT2D eigenvalue weighted by Gasteiger charge is -2.15. The quantitative estimate of drug-likeness (QED) is 0.591. The van der Waals surface area contributed by atoms with Gasteiger partial charge >= 0.3 is 0 Å². The molecule has 10 heavy (non-hydrogen) atoms. The molecular weight excluding hydrogens is 140 g/mol. The van der Waals surface area contributed by atoms with Gasteiger partial charge < -0.3 is 0 Å². The topological polar surface area (TPSA) is 0 Å². The average molecular weight is 156 g/mol. The molecule has 0 aromatic carbocycles. The van der Waals surface area contributed by atoms with Crippen molar-refractivity contribution in [1.82, 2.24) is 0 Å². The molecule has 2 unspecified atom stereocenters. The van der Waals surface area contributed by atoms with E-state index in [1.807, 2.05) is 11.8 Å². The van der Waals surface area contributed by atoms with E-state index in [0.717, 1.165) is 17.1 Å². The SMILES string of the molecule is CC(C)CC1SC=CC1C. The Morgan fingerprint density at radius 1 is 1.50 bits per heavy atom. The van der Waals surface area contributed by atoms with Crippen LogP contribution < -0.4 is 0 Å². The molecule has 0 aromatic heterocycles. The first-order chi connectivity index (χ1) is 4.70. The van der Waals surface area contributed by atoms with Crippen LogP contribution in [0.5, 0.6) is 0 Å². The van der Waals surface area contributed by atoms with Gasteiger partial charge in [0, 0.05) is 5.25 Å². The van der Waals surface area contributed by atoms with Crippen molar-refractivity contribution >= 4 is 11.8 Å². The van der Waals surface area contributed by atoms with Crippen LogP contribution in [0.25, 0.3) is 0 Å². The van der Waals surface area contributed by atoms with Crippen molar-refractivity contribution in [3.05, 3.63) is 11.5 Å². The maximum absolute atomic E-state index is 2.32. The molecule has 0 saturated heterocycles. The monoisotopic (exact) mass is 156 g/mol. The molecule has 1 heteroatoms. The lowest BCUT2D eigenvalue weighted by atomic mass is 9.99. The highest BCUT2D eigenvalue weighted by Gasteiger charge is 2.19. The maximum atomic E-state index is 2.32. The van der Waals surface area contributed by atoms with Crippen LogP contribution in [0.2, 0.25) is 0 Å². The molecule has 58 valence electrons. The number of thioether (sulfide) groups is 1. The standard InChI is InChI=1S/C9H16S/c1-7(2)6-9-8(3)4-5-10-9/h4-5,7-9H,6H2,1-3H3. The van der Waals surface area contributed by atoms with E-state index in [1.54, 1.807) is 0 Å². The van der Waals surface area contributed by atoms with Crippen molar-refractivity contribution in [3.8, 4) is 0 Å². The highest BCUT2D eigenvalue weighted by atomic mass is 32.2.